The van der Waals surface area contributed by atoms with Gasteiger partial charge in [-0.25, -0.2) is 4.98 Å². The van der Waals surface area contributed by atoms with Gasteiger partial charge in [-0.15, -0.1) is 0 Å². The number of fused-ring (bicyclic) bond motifs is 1. The van der Waals surface area contributed by atoms with E-state index in [0.29, 0.717) is 26.1 Å². The van der Waals surface area contributed by atoms with Gasteiger partial charge in [0.05, 0.1) is 30.4 Å². The van der Waals surface area contributed by atoms with E-state index >= 15 is 0 Å². The van der Waals surface area contributed by atoms with Crippen LogP contribution in [0.4, 0.5) is 0 Å². The van der Waals surface area contributed by atoms with Gasteiger partial charge in [-0.2, -0.15) is 0 Å². The molecule has 1 aliphatic heterocycles. The fourth-order valence-electron chi connectivity index (χ4n) is 2.26. The number of H-pyrrole nitrogens is 1. The number of nitrogens with one attached hydrogen (secondary N) is 3. The Hall–Kier alpha value is -1.40. The summed E-state index contributed by atoms with van der Waals surface area (Å²) in [5.74, 6) is 0.803. The summed E-state index contributed by atoms with van der Waals surface area (Å²) >= 11 is 0. The van der Waals surface area contributed by atoms with E-state index in [-0.39, 0.29) is 11.9 Å². The highest BCUT2D eigenvalue weighted by Gasteiger charge is 2.25. The molecule has 1 aliphatic carbocycles. The minimum absolute atomic E-state index is 0.0312. The second-order valence-corrected chi connectivity index (χ2v) is 5.27. The van der Waals surface area contributed by atoms with Crippen molar-refractivity contribution in [3.63, 3.8) is 0 Å². The molecule has 0 saturated heterocycles. The van der Waals surface area contributed by atoms with E-state index in [0.717, 1.165) is 23.9 Å². The summed E-state index contributed by atoms with van der Waals surface area (Å²) in [6.07, 6.45) is 4.92. The van der Waals surface area contributed by atoms with Crippen molar-refractivity contribution in [2.75, 3.05) is 19.8 Å². The molecule has 3 rings (SSSR count). The Morgan fingerprint density at radius 2 is 2.42 bits per heavy atom. The Bertz CT molecular complexity index is 442. The number of carbonyl (C=O) groups is 1. The number of hydrogen-bond donors (Lipinski definition) is 3. The second-order valence-electron chi connectivity index (χ2n) is 5.27. The zero-order chi connectivity index (χ0) is 13.1. The fourth-order valence-corrected chi connectivity index (χ4v) is 2.26. The monoisotopic (exact) mass is 264 g/mol. The van der Waals surface area contributed by atoms with Crippen molar-refractivity contribution < 1.29 is 9.53 Å². The van der Waals surface area contributed by atoms with Gasteiger partial charge in [-0.05, 0) is 18.8 Å². The predicted octanol–water partition coefficient (Wildman–Crippen LogP) is -0.0332. The zero-order valence-corrected chi connectivity index (χ0v) is 10.9. The second kappa shape index (κ2) is 5.71. The largest absolute Gasteiger partial charge is 0.379 e. The third kappa shape index (κ3) is 3.33. The van der Waals surface area contributed by atoms with Gasteiger partial charge in [0, 0.05) is 26.1 Å². The standard InChI is InChI=1S/C13H20N4O2/c18-13(14-3-4-19-7-9-1-2-9)11-5-10-12(6-15-11)17-8-16-10/h8-9,11,15H,1-7H2,(H,14,18)(H,16,17). The van der Waals surface area contributed by atoms with Gasteiger partial charge in [0.2, 0.25) is 5.91 Å². The quantitative estimate of drug-likeness (QED) is 0.630. The molecule has 2 heterocycles. The zero-order valence-electron chi connectivity index (χ0n) is 10.9. The number of hydrogen-bond acceptors (Lipinski definition) is 4. The molecule has 1 unspecified atom stereocenters. The van der Waals surface area contributed by atoms with Crippen molar-refractivity contribution in [2.45, 2.75) is 31.8 Å². The summed E-state index contributed by atoms with van der Waals surface area (Å²) in [6, 6.07) is -0.181. The van der Waals surface area contributed by atoms with Gasteiger partial charge in [0.25, 0.3) is 0 Å². The fraction of sp³-hybridized carbons (Fsp3) is 0.692. The van der Waals surface area contributed by atoms with E-state index in [2.05, 4.69) is 20.6 Å². The number of imidazole rings is 1. The summed E-state index contributed by atoms with van der Waals surface area (Å²) in [5, 5.41) is 6.11. The van der Waals surface area contributed by atoms with Crippen molar-refractivity contribution in [1.82, 2.24) is 20.6 Å². The van der Waals surface area contributed by atoms with Crippen molar-refractivity contribution in [1.29, 1.82) is 0 Å². The first-order valence-electron chi connectivity index (χ1n) is 6.93. The first-order valence-corrected chi connectivity index (χ1v) is 6.93. The lowest BCUT2D eigenvalue weighted by atomic mass is 10.0. The SMILES string of the molecule is O=C(NCCOCC1CC1)C1Cc2nc[nH]c2CN1. The molecule has 1 aromatic rings. The lowest BCUT2D eigenvalue weighted by Crippen LogP contribution is -2.48. The molecule has 0 aromatic carbocycles. The molecule has 104 valence electrons. The van der Waals surface area contributed by atoms with Gasteiger partial charge >= 0.3 is 0 Å². The summed E-state index contributed by atoms with van der Waals surface area (Å²) in [7, 11) is 0. The van der Waals surface area contributed by atoms with Gasteiger partial charge < -0.3 is 15.0 Å². The van der Waals surface area contributed by atoms with Crippen molar-refractivity contribution in [3.05, 3.63) is 17.7 Å². The van der Waals surface area contributed by atoms with Crippen molar-refractivity contribution in [2.24, 2.45) is 5.92 Å². The Labute approximate surface area is 112 Å². The van der Waals surface area contributed by atoms with Crippen LogP contribution in [-0.2, 0) is 22.5 Å². The molecule has 1 fully saturated rings. The van der Waals surface area contributed by atoms with E-state index in [9.17, 15) is 4.79 Å². The van der Waals surface area contributed by atoms with E-state index in [1.54, 1.807) is 6.33 Å². The molecule has 2 aliphatic rings. The van der Waals surface area contributed by atoms with Crippen LogP contribution in [0.25, 0.3) is 0 Å². The van der Waals surface area contributed by atoms with Crippen LogP contribution in [0.1, 0.15) is 24.2 Å². The third-order valence-electron chi connectivity index (χ3n) is 3.64. The van der Waals surface area contributed by atoms with Crippen LogP contribution in [0.3, 0.4) is 0 Å². The lowest BCUT2D eigenvalue weighted by Gasteiger charge is -2.22. The highest BCUT2D eigenvalue weighted by atomic mass is 16.5. The number of aromatic nitrogens is 2. The van der Waals surface area contributed by atoms with Gasteiger partial charge in [0.1, 0.15) is 0 Å². The summed E-state index contributed by atoms with van der Waals surface area (Å²) < 4.78 is 5.49. The molecule has 19 heavy (non-hydrogen) atoms. The number of nitrogens with zero attached hydrogens (tertiary/aromatic N) is 1. The topological polar surface area (TPSA) is 79.0 Å². The maximum atomic E-state index is 12.0. The Morgan fingerprint density at radius 1 is 1.53 bits per heavy atom. The highest BCUT2D eigenvalue weighted by molar-refractivity contribution is 5.82. The maximum Gasteiger partial charge on any atom is 0.237 e. The number of aromatic amines is 1. The molecule has 1 amide bonds. The van der Waals surface area contributed by atoms with E-state index < -0.39 is 0 Å². The molecule has 6 nitrogen and oxygen atoms in total. The van der Waals surface area contributed by atoms with Crippen LogP contribution in [0.5, 0.6) is 0 Å². The number of rotatable bonds is 6. The predicted molar refractivity (Wildman–Crippen MR) is 69.5 cm³/mol. The average Bonchev–Trinajstić information content (AvgIpc) is 3.13. The van der Waals surface area contributed by atoms with E-state index in [1.807, 2.05) is 0 Å². The lowest BCUT2D eigenvalue weighted by molar-refractivity contribution is -0.123. The highest BCUT2D eigenvalue weighted by Crippen LogP contribution is 2.28. The molecular formula is C13H20N4O2. The van der Waals surface area contributed by atoms with Gasteiger partial charge in [0.15, 0.2) is 0 Å². The molecule has 3 N–H and O–H groups in total. The van der Waals surface area contributed by atoms with Gasteiger partial charge in [-0.3, -0.25) is 10.1 Å². The summed E-state index contributed by atoms with van der Waals surface area (Å²) in [5.41, 5.74) is 2.07. The summed E-state index contributed by atoms with van der Waals surface area (Å²) in [4.78, 5) is 19.3. The Balaban J connectivity index is 1.36. The van der Waals surface area contributed by atoms with Crippen LogP contribution in [0.2, 0.25) is 0 Å². The minimum atomic E-state index is -0.181. The van der Waals surface area contributed by atoms with Crippen LogP contribution in [0.15, 0.2) is 6.33 Å². The van der Waals surface area contributed by atoms with Crippen LogP contribution < -0.4 is 10.6 Å². The average molecular weight is 264 g/mol. The molecule has 0 radical (unpaired) electrons. The van der Waals surface area contributed by atoms with E-state index in [1.165, 1.54) is 12.8 Å². The molecule has 0 bridgehead atoms. The number of amides is 1. The van der Waals surface area contributed by atoms with Crippen LogP contribution >= 0.6 is 0 Å². The molecule has 1 saturated carbocycles. The normalized spacial score (nSPS) is 22.0. The van der Waals surface area contributed by atoms with E-state index in [4.69, 9.17) is 4.74 Å². The minimum Gasteiger partial charge on any atom is -0.379 e. The first-order chi connectivity index (χ1) is 9.33. The first kappa shape index (κ1) is 12.6. The van der Waals surface area contributed by atoms with Crippen molar-refractivity contribution in [3.8, 4) is 0 Å². The number of carbonyl (C=O) groups excluding carboxylic acids is 1. The molecule has 1 aromatic heterocycles. The maximum absolute atomic E-state index is 12.0. The Morgan fingerprint density at radius 3 is 3.26 bits per heavy atom. The third-order valence-corrected chi connectivity index (χ3v) is 3.64. The summed E-state index contributed by atoms with van der Waals surface area (Å²) in [6.45, 7) is 2.69. The van der Waals surface area contributed by atoms with Crippen molar-refractivity contribution >= 4 is 5.91 Å². The number of ether oxygens (including phenoxy) is 1. The van der Waals surface area contributed by atoms with Crippen LogP contribution in [-0.4, -0.2) is 41.7 Å². The molecular weight excluding hydrogens is 244 g/mol. The smallest absolute Gasteiger partial charge is 0.237 e. The van der Waals surface area contributed by atoms with Crippen LogP contribution in [0, 0.1) is 5.92 Å². The molecule has 0 spiro atoms. The molecule has 6 heteroatoms. The molecule has 1 atom stereocenters. The van der Waals surface area contributed by atoms with Gasteiger partial charge in [-0.1, -0.05) is 0 Å². The Kier molecular flexibility index (Phi) is 3.79.